The predicted molar refractivity (Wildman–Crippen MR) is 108 cm³/mol. The molecule has 0 aliphatic rings. The number of methoxy groups -OCH3 is 1. The molecule has 9 heteroatoms. The maximum atomic E-state index is 12.5. The lowest BCUT2D eigenvalue weighted by Gasteiger charge is -2.04. The fraction of sp³-hybridized carbons (Fsp3) is 0.150. The van der Waals surface area contributed by atoms with E-state index in [4.69, 9.17) is 25.5 Å². The molecule has 1 N–H and O–H groups in total. The van der Waals surface area contributed by atoms with Crippen LogP contribution in [0.5, 0.6) is 5.75 Å². The van der Waals surface area contributed by atoms with Gasteiger partial charge in [-0.05, 0) is 48.9 Å². The number of rotatable bonds is 6. The number of nitrogens with one attached hydrogen (secondary N) is 1. The predicted octanol–water partition coefficient (Wildman–Crippen LogP) is 4.79. The SMILES string of the molecule is COC(=O)c1sc(NC(=O)c2ccc(COc3ccc(Cl)cc3)o2)c(C#N)c1C. The maximum absolute atomic E-state index is 12.5. The summed E-state index contributed by atoms with van der Waals surface area (Å²) in [7, 11) is 1.25. The van der Waals surface area contributed by atoms with Gasteiger partial charge in [0.05, 0.1) is 12.7 Å². The van der Waals surface area contributed by atoms with Gasteiger partial charge in [0, 0.05) is 5.02 Å². The van der Waals surface area contributed by atoms with Gasteiger partial charge in [-0.2, -0.15) is 5.26 Å². The highest BCUT2D eigenvalue weighted by Gasteiger charge is 2.23. The summed E-state index contributed by atoms with van der Waals surface area (Å²) in [5.74, 6) is -0.00149. The molecule has 148 valence electrons. The molecule has 3 aromatic rings. The van der Waals surface area contributed by atoms with Crippen molar-refractivity contribution < 1.29 is 23.5 Å². The third-order valence-corrected chi connectivity index (χ3v) is 5.38. The molecule has 0 saturated carbocycles. The number of amides is 1. The fourth-order valence-electron chi connectivity index (χ4n) is 2.45. The highest BCUT2D eigenvalue weighted by molar-refractivity contribution is 7.18. The summed E-state index contributed by atoms with van der Waals surface area (Å²) in [4.78, 5) is 24.6. The van der Waals surface area contributed by atoms with Crippen molar-refractivity contribution >= 4 is 39.8 Å². The molecule has 0 aliphatic carbocycles. The van der Waals surface area contributed by atoms with Gasteiger partial charge in [0.2, 0.25) is 0 Å². The molecule has 1 aromatic carbocycles. The molecule has 2 heterocycles. The molecule has 0 radical (unpaired) electrons. The highest BCUT2D eigenvalue weighted by Crippen LogP contribution is 2.33. The zero-order chi connectivity index (χ0) is 21.0. The van der Waals surface area contributed by atoms with E-state index in [0.717, 1.165) is 11.3 Å². The topological polar surface area (TPSA) is 102 Å². The highest BCUT2D eigenvalue weighted by atomic mass is 35.5. The third-order valence-electron chi connectivity index (χ3n) is 3.94. The van der Waals surface area contributed by atoms with E-state index in [1.54, 1.807) is 37.3 Å². The van der Waals surface area contributed by atoms with Crippen molar-refractivity contribution in [3.63, 3.8) is 0 Å². The standard InChI is InChI=1S/C20H15ClN2O5S/c1-11-15(9-22)19(29-17(11)20(25)26-2)23-18(24)16-8-7-14(28-16)10-27-13-5-3-12(21)4-6-13/h3-8H,10H2,1-2H3,(H,23,24). The Balaban J connectivity index is 1.70. The van der Waals surface area contributed by atoms with Crippen LogP contribution in [0.4, 0.5) is 5.00 Å². The van der Waals surface area contributed by atoms with Gasteiger partial charge in [0.15, 0.2) is 5.76 Å². The molecule has 0 fully saturated rings. The molecule has 0 atom stereocenters. The van der Waals surface area contributed by atoms with E-state index in [0.29, 0.717) is 22.1 Å². The van der Waals surface area contributed by atoms with Crippen molar-refractivity contribution in [2.45, 2.75) is 13.5 Å². The van der Waals surface area contributed by atoms with Gasteiger partial charge in [0.1, 0.15) is 34.1 Å². The average Bonchev–Trinajstić information content (AvgIpc) is 3.31. The van der Waals surface area contributed by atoms with E-state index in [-0.39, 0.29) is 27.8 Å². The van der Waals surface area contributed by atoms with Crippen LogP contribution in [0.25, 0.3) is 0 Å². The molecule has 0 unspecified atom stereocenters. The number of ether oxygens (including phenoxy) is 2. The molecule has 0 aliphatic heterocycles. The molecule has 0 spiro atoms. The number of hydrogen-bond donors (Lipinski definition) is 1. The Labute approximate surface area is 175 Å². The van der Waals surface area contributed by atoms with Gasteiger partial charge in [0.25, 0.3) is 5.91 Å². The van der Waals surface area contributed by atoms with Crippen LogP contribution in [-0.4, -0.2) is 19.0 Å². The summed E-state index contributed by atoms with van der Waals surface area (Å²) < 4.78 is 15.8. The normalized spacial score (nSPS) is 10.3. The monoisotopic (exact) mass is 430 g/mol. The van der Waals surface area contributed by atoms with Crippen LogP contribution in [0.2, 0.25) is 5.02 Å². The number of furan rings is 1. The maximum Gasteiger partial charge on any atom is 0.348 e. The van der Waals surface area contributed by atoms with Crippen molar-refractivity contribution in [3.8, 4) is 11.8 Å². The zero-order valence-corrected chi connectivity index (χ0v) is 17.0. The number of benzene rings is 1. The molecule has 7 nitrogen and oxygen atoms in total. The second-order valence-electron chi connectivity index (χ2n) is 5.83. The second-order valence-corrected chi connectivity index (χ2v) is 7.28. The first-order valence-corrected chi connectivity index (χ1v) is 9.52. The Bertz CT molecular complexity index is 1100. The minimum atomic E-state index is -0.566. The second kappa shape index (κ2) is 8.82. The Morgan fingerprint density at radius 3 is 2.62 bits per heavy atom. The molecule has 29 heavy (non-hydrogen) atoms. The van der Waals surface area contributed by atoms with Crippen LogP contribution >= 0.6 is 22.9 Å². The first-order valence-electron chi connectivity index (χ1n) is 8.33. The lowest BCUT2D eigenvalue weighted by atomic mass is 10.2. The number of anilines is 1. The van der Waals surface area contributed by atoms with Crippen molar-refractivity contribution in [2.24, 2.45) is 0 Å². The van der Waals surface area contributed by atoms with E-state index in [2.05, 4.69) is 5.32 Å². The molecular formula is C20H15ClN2O5S. The Morgan fingerprint density at radius 2 is 1.97 bits per heavy atom. The Hall–Kier alpha value is -3.28. The van der Waals surface area contributed by atoms with E-state index >= 15 is 0 Å². The third kappa shape index (κ3) is 4.59. The van der Waals surface area contributed by atoms with E-state index in [1.165, 1.54) is 13.2 Å². The van der Waals surface area contributed by atoms with Crippen LogP contribution in [0.3, 0.4) is 0 Å². The van der Waals surface area contributed by atoms with Gasteiger partial charge in [-0.15, -0.1) is 11.3 Å². The first-order chi connectivity index (χ1) is 13.9. The number of nitriles is 1. The summed E-state index contributed by atoms with van der Waals surface area (Å²) in [6.45, 7) is 1.75. The molecule has 1 amide bonds. The van der Waals surface area contributed by atoms with Crippen molar-refractivity contribution in [3.05, 3.63) is 68.9 Å². The van der Waals surface area contributed by atoms with Crippen molar-refractivity contribution in [1.29, 1.82) is 5.26 Å². The van der Waals surface area contributed by atoms with Crippen LogP contribution in [0, 0.1) is 18.3 Å². The van der Waals surface area contributed by atoms with E-state index < -0.39 is 11.9 Å². The summed E-state index contributed by atoms with van der Waals surface area (Å²) in [5.41, 5.74) is 0.665. The fourth-order valence-corrected chi connectivity index (χ4v) is 3.65. The summed E-state index contributed by atoms with van der Waals surface area (Å²) in [6.07, 6.45) is 0. The number of hydrogen-bond acceptors (Lipinski definition) is 7. The average molecular weight is 431 g/mol. The molecule has 0 bridgehead atoms. The summed E-state index contributed by atoms with van der Waals surface area (Å²) in [5, 5.41) is 12.8. The molecule has 0 saturated heterocycles. The van der Waals surface area contributed by atoms with Gasteiger partial charge in [-0.1, -0.05) is 11.6 Å². The number of halogens is 1. The van der Waals surface area contributed by atoms with Crippen LogP contribution in [0.1, 0.15) is 37.1 Å². The number of thiophene rings is 1. The number of nitrogens with zero attached hydrogens (tertiary/aromatic N) is 1. The molecular weight excluding hydrogens is 416 g/mol. The quantitative estimate of drug-likeness (QED) is 0.564. The van der Waals surface area contributed by atoms with Crippen molar-refractivity contribution in [2.75, 3.05) is 12.4 Å². The number of carbonyl (C=O) groups is 2. The lowest BCUT2D eigenvalue weighted by molar-refractivity contribution is 0.0605. The Kier molecular flexibility index (Phi) is 6.22. The van der Waals surface area contributed by atoms with Gasteiger partial charge in [-0.25, -0.2) is 4.79 Å². The van der Waals surface area contributed by atoms with Crippen LogP contribution in [-0.2, 0) is 11.3 Å². The van der Waals surface area contributed by atoms with Gasteiger partial charge >= 0.3 is 5.97 Å². The number of esters is 1. The van der Waals surface area contributed by atoms with E-state index in [1.807, 2.05) is 6.07 Å². The van der Waals surface area contributed by atoms with E-state index in [9.17, 15) is 14.9 Å². The van der Waals surface area contributed by atoms with Crippen LogP contribution in [0.15, 0.2) is 40.8 Å². The largest absolute Gasteiger partial charge is 0.486 e. The number of carbonyl (C=O) groups excluding carboxylic acids is 2. The van der Waals surface area contributed by atoms with Gasteiger partial charge in [-0.3, -0.25) is 4.79 Å². The smallest absolute Gasteiger partial charge is 0.348 e. The minimum absolute atomic E-state index is 0.0502. The lowest BCUT2D eigenvalue weighted by Crippen LogP contribution is -2.10. The first kappa shape index (κ1) is 20.5. The van der Waals surface area contributed by atoms with Crippen LogP contribution < -0.4 is 10.1 Å². The minimum Gasteiger partial charge on any atom is -0.486 e. The summed E-state index contributed by atoms with van der Waals surface area (Å²) >= 11 is 6.80. The molecule has 2 aromatic heterocycles. The zero-order valence-electron chi connectivity index (χ0n) is 15.4. The molecule has 3 rings (SSSR count). The Morgan fingerprint density at radius 1 is 1.24 bits per heavy atom. The van der Waals surface area contributed by atoms with Gasteiger partial charge < -0.3 is 19.2 Å². The summed E-state index contributed by atoms with van der Waals surface area (Å²) in [6, 6.07) is 12.0. The van der Waals surface area contributed by atoms with Crippen molar-refractivity contribution in [1.82, 2.24) is 0 Å².